The van der Waals surface area contributed by atoms with Gasteiger partial charge in [0.15, 0.2) is 6.10 Å². The van der Waals surface area contributed by atoms with Crippen molar-refractivity contribution in [1.29, 1.82) is 0 Å². The van der Waals surface area contributed by atoms with E-state index < -0.39 is 18.3 Å². The van der Waals surface area contributed by atoms with Crippen LogP contribution in [0.2, 0.25) is 0 Å². The molecule has 0 aliphatic carbocycles. The summed E-state index contributed by atoms with van der Waals surface area (Å²) >= 11 is 0. The monoisotopic (exact) mass is 314 g/mol. The van der Waals surface area contributed by atoms with E-state index in [9.17, 15) is 9.59 Å². The minimum absolute atomic E-state index is 0.446. The molecular formula is C17H18N2O4. The third-order valence-electron chi connectivity index (χ3n) is 3.51. The van der Waals surface area contributed by atoms with Gasteiger partial charge in [0.1, 0.15) is 0 Å². The van der Waals surface area contributed by atoms with E-state index in [1.807, 2.05) is 38.1 Å². The van der Waals surface area contributed by atoms with Crippen LogP contribution in [-0.4, -0.2) is 17.3 Å². The molecule has 0 aliphatic rings. The largest absolute Gasteiger partial charge is 0.465 e. The van der Waals surface area contributed by atoms with Crippen LogP contribution in [-0.2, 0) is 4.74 Å². The number of ether oxygens (including phenoxy) is 1. The fraction of sp³-hybridized carbons (Fsp3) is 0.176. The van der Waals surface area contributed by atoms with Crippen molar-refractivity contribution in [2.24, 2.45) is 5.73 Å². The molecular weight excluding hydrogens is 296 g/mol. The number of benzene rings is 2. The molecule has 23 heavy (non-hydrogen) atoms. The molecule has 0 saturated carbocycles. The van der Waals surface area contributed by atoms with E-state index in [2.05, 4.69) is 5.32 Å². The molecule has 1 atom stereocenters. The molecule has 0 fully saturated rings. The summed E-state index contributed by atoms with van der Waals surface area (Å²) in [6.07, 6.45) is -2.65. The summed E-state index contributed by atoms with van der Waals surface area (Å²) in [6.45, 7) is 3.74. The second-order valence-corrected chi connectivity index (χ2v) is 5.18. The zero-order valence-corrected chi connectivity index (χ0v) is 12.9. The molecule has 0 radical (unpaired) electrons. The van der Waals surface area contributed by atoms with E-state index in [0.717, 1.165) is 22.3 Å². The Bertz CT molecular complexity index is 743. The summed E-state index contributed by atoms with van der Waals surface area (Å²) in [5, 5.41) is 11.1. The topological polar surface area (TPSA) is 102 Å². The molecule has 2 rings (SSSR count). The van der Waals surface area contributed by atoms with Crippen LogP contribution in [0.4, 0.5) is 15.3 Å². The van der Waals surface area contributed by atoms with Gasteiger partial charge in [-0.2, -0.15) is 0 Å². The van der Waals surface area contributed by atoms with E-state index >= 15 is 0 Å². The second kappa shape index (κ2) is 6.83. The molecule has 0 heterocycles. The highest BCUT2D eigenvalue weighted by atomic mass is 16.6. The van der Waals surface area contributed by atoms with Crippen LogP contribution in [0.15, 0.2) is 42.5 Å². The van der Waals surface area contributed by atoms with Gasteiger partial charge < -0.3 is 15.6 Å². The lowest BCUT2D eigenvalue weighted by Gasteiger charge is -2.21. The van der Waals surface area contributed by atoms with Crippen molar-refractivity contribution in [2.75, 3.05) is 5.32 Å². The highest BCUT2D eigenvalue weighted by Crippen LogP contribution is 2.31. The normalized spacial score (nSPS) is 11.6. The maximum Gasteiger partial charge on any atom is 0.409 e. The van der Waals surface area contributed by atoms with E-state index in [-0.39, 0.29) is 0 Å². The molecule has 2 aromatic rings. The molecule has 0 aliphatic heterocycles. The van der Waals surface area contributed by atoms with Crippen molar-refractivity contribution >= 4 is 17.9 Å². The maximum atomic E-state index is 11.3. The molecule has 2 amide bonds. The van der Waals surface area contributed by atoms with Crippen molar-refractivity contribution in [3.63, 3.8) is 0 Å². The minimum atomic E-state index is -1.14. The molecule has 6 heteroatoms. The Morgan fingerprint density at radius 1 is 1.09 bits per heavy atom. The quantitative estimate of drug-likeness (QED) is 0.802. The Kier molecular flexibility index (Phi) is 4.85. The van der Waals surface area contributed by atoms with Crippen LogP contribution in [0, 0.1) is 13.8 Å². The number of amides is 2. The Balaban J connectivity index is 2.46. The van der Waals surface area contributed by atoms with E-state index in [1.165, 1.54) is 0 Å². The molecule has 0 aromatic heterocycles. The van der Waals surface area contributed by atoms with Crippen molar-refractivity contribution in [1.82, 2.24) is 0 Å². The fourth-order valence-electron chi connectivity index (χ4n) is 2.46. The number of rotatable bonds is 4. The number of nitrogens with one attached hydrogen (secondary N) is 1. The first-order valence-corrected chi connectivity index (χ1v) is 7.00. The number of carbonyl (C=O) groups excluding carboxylic acids is 1. The van der Waals surface area contributed by atoms with Crippen molar-refractivity contribution in [3.8, 4) is 0 Å². The summed E-state index contributed by atoms with van der Waals surface area (Å²) in [4.78, 5) is 22.0. The molecule has 2 aromatic carbocycles. The van der Waals surface area contributed by atoms with Gasteiger partial charge in [-0.25, -0.2) is 9.59 Å². The second-order valence-electron chi connectivity index (χ2n) is 5.18. The zero-order valence-electron chi connectivity index (χ0n) is 12.9. The summed E-state index contributed by atoms with van der Waals surface area (Å²) < 4.78 is 5.31. The first kappa shape index (κ1) is 16.4. The van der Waals surface area contributed by atoms with Crippen molar-refractivity contribution in [3.05, 3.63) is 64.7 Å². The lowest BCUT2D eigenvalue weighted by atomic mass is 9.94. The molecule has 4 N–H and O–H groups in total. The highest BCUT2D eigenvalue weighted by Gasteiger charge is 2.21. The van der Waals surface area contributed by atoms with Gasteiger partial charge in [-0.15, -0.1) is 0 Å². The van der Waals surface area contributed by atoms with Crippen LogP contribution >= 0.6 is 0 Å². The highest BCUT2D eigenvalue weighted by molar-refractivity contribution is 5.83. The SMILES string of the molecule is Cc1ccccc1C(OC(N)=O)c1ccc(NC(=O)O)cc1C. The van der Waals surface area contributed by atoms with Gasteiger partial charge in [0, 0.05) is 11.3 Å². The average molecular weight is 314 g/mol. The number of hydrogen-bond donors (Lipinski definition) is 3. The number of primary amides is 1. The van der Waals surface area contributed by atoms with Crippen molar-refractivity contribution in [2.45, 2.75) is 20.0 Å². The summed E-state index contributed by atoms with van der Waals surface area (Å²) in [5.41, 5.74) is 8.98. The maximum absolute atomic E-state index is 11.3. The Hall–Kier alpha value is -3.02. The fourth-order valence-corrected chi connectivity index (χ4v) is 2.46. The molecule has 0 bridgehead atoms. The number of hydrogen-bond acceptors (Lipinski definition) is 3. The van der Waals surface area contributed by atoms with E-state index in [1.54, 1.807) is 18.2 Å². The van der Waals surface area contributed by atoms with Crippen molar-refractivity contribution < 1.29 is 19.4 Å². The van der Waals surface area contributed by atoms with Crippen LogP contribution in [0.3, 0.4) is 0 Å². The van der Waals surface area contributed by atoms with Gasteiger partial charge in [0.2, 0.25) is 0 Å². The molecule has 6 nitrogen and oxygen atoms in total. The summed E-state index contributed by atoms with van der Waals surface area (Å²) in [5.74, 6) is 0. The third kappa shape index (κ3) is 4.00. The smallest absolute Gasteiger partial charge is 0.409 e. The average Bonchev–Trinajstić information content (AvgIpc) is 2.45. The minimum Gasteiger partial charge on any atom is -0.465 e. The number of carboxylic acid groups (broad SMARTS) is 1. The van der Waals surface area contributed by atoms with Crippen LogP contribution in [0.1, 0.15) is 28.4 Å². The first-order valence-electron chi connectivity index (χ1n) is 7.00. The number of carbonyl (C=O) groups is 2. The van der Waals surface area contributed by atoms with Crippen LogP contribution in [0.5, 0.6) is 0 Å². The molecule has 120 valence electrons. The van der Waals surface area contributed by atoms with Gasteiger partial charge in [-0.05, 0) is 42.7 Å². The van der Waals surface area contributed by atoms with Gasteiger partial charge in [0.25, 0.3) is 0 Å². The number of aryl methyl sites for hydroxylation is 2. The van der Waals surface area contributed by atoms with E-state index in [4.69, 9.17) is 15.6 Å². The molecule has 0 spiro atoms. The Labute approximate surface area is 133 Å². The molecule has 1 unspecified atom stereocenters. The Morgan fingerprint density at radius 2 is 1.74 bits per heavy atom. The summed E-state index contributed by atoms with van der Waals surface area (Å²) in [6, 6.07) is 12.6. The third-order valence-corrected chi connectivity index (χ3v) is 3.51. The first-order chi connectivity index (χ1) is 10.9. The zero-order chi connectivity index (χ0) is 17.0. The van der Waals surface area contributed by atoms with Crippen LogP contribution in [0.25, 0.3) is 0 Å². The standard InChI is InChI=1S/C17H18N2O4/c1-10-5-3-4-6-13(10)15(23-16(18)20)14-8-7-12(9-11(14)2)19-17(21)22/h3-9,15,19H,1-2H3,(H2,18,20)(H,21,22). The lowest BCUT2D eigenvalue weighted by Crippen LogP contribution is -2.19. The van der Waals surface area contributed by atoms with E-state index in [0.29, 0.717) is 5.69 Å². The van der Waals surface area contributed by atoms with Gasteiger partial charge >= 0.3 is 12.2 Å². The number of nitrogens with two attached hydrogens (primary N) is 1. The van der Waals surface area contributed by atoms with Gasteiger partial charge in [0.05, 0.1) is 0 Å². The van der Waals surface area contributed by atoms with Gasteiger partial charge in [-0.3, -0.25) is 5.32 Å². The predicted octanol–water partition coefficient (Wildman–Crippen LogP) is 3.58. The van der Waals surface area contributed by atoms with Gasteiger partial charge in [-0.1, -0.05) is 30.3 Å². The predicted molar refractivity (Wildman–Crippen MR) is 86.5 cm³/mol. The summed E-state index contributed by atoms with van der Waals surface area (Å²) in [7, 11) is 0. The number of anilines is 1. The molecule has 0 saturated heterocycles. The lowest BCUT2D eigenvalue weighted by molar-refractivity contribution is 0.126. The Morgan fingerprint density at radius 3 is 2.30 bits per heavy atom. The van der Waals surface area contributed by atoms with Crippen LogP contribution < -0.4 is 11.1 Å².